The van der Waals surface area contributed by atoms with Gasteiger partial charge in [-0.1, -0.05) is 335 Å². The third kappa shape index (κ3) is 63.4. The van der Waals surface area contributed by atoms with Gasteiger partial charge in [0.15, 0.2) is 0 Å². The summed E-state index contributed by atoms with van der Waals surface area (Å²) in [6.07, 6.45) is 77.1. The van der Waals surface area contributed by atoms with Crippen LogP contribution in [0.3, 0.4) is 0 Å². The van der Waals surface area contributed by atoms with Crippen LogP contribution in [0.15, 0.2) is 24.3 Å². The molecule has 0 spiro atoms. The molecule has 0 aliphatic carbocycles. The molecule has 0 aromatic carbocycles. The van der Waals surface area contributed by atoms with Crippen molar-refractivity contribution in [3.63, 3.8) is 0 Å². The molecule has 476 valence electrons. The Labute approximate surface area is 504 Å². The van der Waals surface area contributed by atoms with E-state index in [0.717, 1.165) is 109 Å². The summed E-state index contributed by atoms with van der Waals surface area (Å²) < 4.78 is 16.8. The van der Waals surface area contributed by atoms with Gasteiger partial charge >= 0.3 is 23.9 Å². The van der Waals surface area contributed by atoms with Crippen LogP contribution in [-0.2, 0) is 33.4 Å². The van der Waals surface area contributed by atoms with Gasteiger partial charge in [-0.3, -0.25) is 19.2 Å². The highest BCUT2D eigenvalue weighted by atomic mass is 16.6. The number of carbonyl (C=O) groups is 4. The molecular formula is C74H138O7. The van der Waals surface area contributed by atoms with E-state index in [1.165, 1.54) is 238 Å². The van der Waals surface area contributed by atoms with Gasteiger partial charge in [0.1, 0.15) is 0 Å². The molecule has 0 aromatic heterocycles. The van der Waals surface area contributed by atoms with Crippen LogP contribution in [0, 0.1) is 11.8 Å². The van der Waals surface area contributed by atoms with Gasteiger partial charge in [0.2, 0.25) is 0 Å². The molecule has 0 aromatic rings. The van der Waals surface area contributed by atoms with E-state index in [1.807, 2.05) is 0 Å². The van der Waals surface area contributed by atoms with Gasteiger partial charge in [0.05, 0.1) is 13.2 Å². The first-order valence-electron chi connectivity index (χ1n) is 36.2. The third-order valence-corrected chi connectivity index (χ3v) is 16.8. The van der Waals surface area contributed by atoms with Crippen molar-refractivity contribution in [2.24, 2.45) is 11.8 Å². The number of hydrogen-bond donors (Lipinski definition) is 0. The minimum atomic E-state index is -0.401. The van der Waals surface area contributed by atoms with Crippen molar-refractivity contribution >= 4 is 23.9 Å². The normalized spacial score (nSPS) is 12.4. The minimum Gasteiger partial charge on any atom is -0.465 e. The van der Waals surface area contributed by atoms with Crippen LogP contribution in [0.2, 0.25) is 0 Å². The summed E-state index contributed by atoms with van der Waals surface area (Å²) in [5.74, 6) is -0.363. The number of hydrogen-bond acceptors (Lipinski definition) is 7. The van der Waals surface area contributed by atoms with Crippen LogP contribution in [0.4, 0.5) is 0 Å². The predicted molar refractivity (Wildman–Crippen MR) is 349 cm³/mol. The largest absolute Gasteiger partial charge is 0.465 e. The molecule has 7 nitrogen and oxygen atoms in total. The van der Waals surface area contributed by atoms with E-state index in [0.29, 0.717) is 26.1 Å². The molecule has 0 bridgehead atoms. The average Bonchev–Trinajstić information content (AvgIpc) is 3.46. The maximum Gasteiger partial charge on any atom is 0.313 e. The Balaban J connectivity index is 4.29. The highest BCUT2D eigenvalue weighted by molar-refractivity contribution is 5.85. The molecule has 0 heterocycles. The molecule has 0 amide bonds. The Morgan fingerprint density at radius 1 is 0.259 bits per heavy atom. The van der Waals surface area contributed by atoms with Crippen molar-refractivity contribution in [2.75, 3.05) is 13.2 Å². The Morgan fingerprint density at radius 3 is 0.728 bits per heavy atom. The van der Waals surface area contributed by atoms with E-state index in [9.17, 15) is 19.2 Å². The zero-order chi connectivity index (χ0) is 58.8. The number of allylic oxidation sites excluding steroid dienone is 2. The molecule has 0 saturated carbocycles. The Kier molecular flexibility index (Phi) is 64.7. The summed E-state index contributed by atoms with van der Waals surface area (Å²) in [5.41, 5.74) is 0. The molecule has 0 radical (unpaired) electrons. The molecular weight excluding hydrogens is 1000 g/mol. The van der Waals surface area contributed by atoms with Crippen molar-refractivity contribution in [3.8, 4) is 0 Å². The van der Waals surface area contributed by atoms with E-state index in [-0.39, 0.29) is 36.6 Å². The molecule has 0 rings (SSSR count). The lowest BCUT2D eigenvalue weighted by Crippen LogP contribution is -2.13. The van der Waals surface area contributed by atoms with Crippen LogP contribution in [-0.4, -0.2) is 37.1 Å². The standard InChI is InChI=1S/C74H138O7/c1-5-9-13-17-21-23-25-27-29-31-33-35-38-47-55-63-71(75)79-67-69(59-51-43-20-16-12-8-4)61-53-45-40-41-49-57-65-73(77)81-74(78)66-58-50-42-46-54-62-70(60-52-44-37-19-15-11-7-3)68-80-72(76)64-56-48-39-36-34-32-30-28-26-24-22-18-14-10-6-2/h52-53,60-61,69-70H,5-51,54-59,62-68H2,1-4H3/b60-52+,61-53+. The minimum absolute atomic E-state index is 0.0403. The van der Waals surface area contributed by atoms with Crippen LogP contribution >= 0.6 is 0 Å². The second-order valence-corrected chi connectivity index (χ2v) is 25.0. The SMILES string of the molecule is CCCCCCC/C=C/C(CCCCCCCC(=O)OC(=O)CCCCCC/C=C/C(CCCCCCCC)COC(=O)CCCCCCCCCCCCCCCCC)COC(=O)CCCCCCCCCCCCCCCCC. The second kappa shape index (κ2) is 66.7. The number of unbranched alkanes of at least 4 members (excludes halogenated alkanes) is 46. The topological polar surface area (TPSA) is 96.0 Å². The van der Waals surface area contributed by atoms with E-state index >= 15 is 0 Å². The summed E-state index contributed by atoms with van der Waals surface area (Å²) in [5, 5.41) is 0. The van der Waals surface area contributed by atoms with Gasteiger partial charge < -0.3 is 14.2 Å². The molecule has 2 atom stereocenters. The predicted octanol–water partition coefficient (Wildman–Crippen LogP) is 24.2. The highest BCUT2D eigenvalue weighted by Gasteiger charge is 2.13. The van der Waals surface area contributed by atoms with Gasteiger partial charge in [0.25, 0.3) is 0 Å². The molecule has 0 aliphatic rings. The van der Waals surface area contributed by atoms with E-state index in [4.69, 9.17) is 14.2 Å². The maximum atomic E-state index is 12.7. The zero-order valence-corrected chi connectivity index (χ0v) is 54.7. The lowest BCUT2D eigenvalue weighted by Gasteiger charge is -2.14. The Morgan fingerprint density at radius 2 is 0.469 bits per heavy atom. The Bertz CT molecular complexity index is 1390. The van der Waals surface area contributed by atoms with Gasteiger partial charge in [-0.15, -0.1) is 0 Å². The number of esters is 4. The zero-order valence-electron chi connectivity index (χ0n) is 54.7. The molecule has 0 N–H and O–H groups in total. The number of carbonyl (C=O) groups excluding carboxylic acids is 4. The number of rotatable bonds is 66. The molecule has 81 heavy (non-hydrogen) atoms. The first-order valence-corrected chi connectivity index (χ1v) is 36.2. The molecule has 0 fully saturated rings. The van der Waals surface area contributed by atoms with Crippen molar-refractivity contribution in [1.82, 2.24) is 0 Å². The molecule has 0 saturated heterocycles. The van der Waals surface area contributed by atoms with Crippen molar-refractivity contribution in [2.45, 2.75) is 400 Å². The van der Waals surface area contributed by atoms with Crippen LogP contribution in [0.25, 0.3) is 0 Å². The summed E-state index contributed by atoms with van der Waals surface area (Å²) >= 11 is 0. The van der Waals surface area contributed by atoms with Crippen LogP contribution in [0.1, 0.15) is 400 Å². The van der Waals surface area contributed by atoms with Crippen molar-refractivity contribution in [3.05, 3.63) is 24.3 Å². The van der Waals surface area contributed by atoms with Crippen molar-refractivity contribution in [1.29, 1.82) is 0 Å². The maximum absolute atomic E-state index is 12.7. The fourth-order valence-corrected chi connectivity index (χ4v) is 11.2. The van der Waals surface area contributed by atoms with Gasteiger partial charge in [-0.2, -0.15) is 0 Å². The summed E-state index contributed by atoms with van der Waals surface area (Å²) in [6, 6.07) is 0. The fourth-order valence-electron chi connectivity index (χ4n) is 11.2. The molecule has 0 aliphatic heterocycles. The van der Waals surface area contributed by atoms with E-state index < -0.39 is 11.9 Å². The lowest BCUT2D eigenvalue weighted by atomic mass is 9.99. The quantitative estimate of drug-likeness (QED) is 0.0197. The monoisotopic (exact) mass is 1140 g/mol. The van der Waals surface area contributed by atoms with Gasteiger partial charge in [0, 0.05) is 37.5 Å². The first kappa shape index (κ1) is 78.6. The number of ether oxygens (including phenoxy) is 3. The van der Waals surface area contributed by atoms with Gasteiger partial charge in [-0.25, -0.2) is 0 Å². The third-order valence-electron chi connectivity index (χ3n) is 16.8. The van der Waals surface area contributed by atoms with Crippen LogP contribution in [0.5, 0.6) is 0 Å². The average molecular weight is 1140 g/mol. The van der Waals surface area contributed by atoms with Crippen molar-refractivity contribution < 1.29 is 33.4 Å². The second-order valence-electron chi connectivity index (χ2n) is 25.0. The fraction of sp³-hybridized carbons (Fsp3) is 0.892. The first-order chi connectivity index (χ1) is 39.9. The van der Waals surface area contributed by atoms with E-state index in [2.05, 4.69) is 52.0 Å². The van der Waals surface area contributed by atoms with Gasteiger partial charge in [-0.05, 0) is 64.2 Å². The lowest BCUT2D eigenvalue weighted by molar-refractivity contribution is -0.160. The Hall–Kier alpha value is -2.44. The van der Waals surface area contributed by atoms with E-state index in [1.54, 1.807) is 0 Å². The summed E-state index contributed by atoms with van der Waals surface area (Å²) in [7, 11) is 0. The van der Waals surface area contributed by atoms with Crippen LogP contribution < -0.4 is 0 Å². The summed E-state index contributed by atoms with van der Waals surface area (Å²) in [4.78, 5) is 50.2. The summed E-state index contributed by atoms with van der Waals surface area (Å²) in [6.45, 7) is 10.0. The highest BCUT2D eigenvalue weighted by Crippen LogP contribution is 2.21. The smallest absolute Gasteiger partial charge is 0.313 e. The molecule has 7 heteroatoms. The molecule has 2 unspecified atom stereocenters.